The predicted octanol–water partition coefficient (Wildman–Crippen LogP) is 1.04. The summed E-state index contributed by atoms with van der Waals surface area (Å²) in [5.41, 5.74) is 6.35. The molecule has 1 atom stereocenters. The molecule has 0 aliphatic rings. The number of benzene rings is 1. The summed E-state index contributed by atoms with van der Waals surface area (Å²) in [7, 11) is 1.24. The third kappa shape index (κ3) is 5.65. The Balaban J connectivity index is 0.00000289. The number of ether oxygens (including phenoxy) is 2. The minimum Gasteiger partial charge on any atom is -0.469 e. The van der Waals surface area contributed by atoms with Crippen LogP contribution in [0.4, 0.5) is 0 Å². The number of methoxy groups -OCH3 is 1. The zero-order valence-electron chi connectivity index (χ0n) is 10.00. The van der Waals surface area contributed by atoms with Gasteiger partial charge in [-0.05, 0) is 5.56 Å². The summed E-state index contributed by atoms with van der Waals surface area (Å²) >= 11 is 0. The lowest BCUT2D eigenvalue weighted by Gasteiger charge is -2.10. The van der Waals surface area contributed by atoms with Gasteiger partial charge in [-0.1, -0.05) is 30.3 Å². The summed E-state index contributed by atoms with van der Waals surface area (Å²) in [5.74, 6) is -1.14. The van der Waals surface area contributed by atoms with Gasteiger partial charge in [0.05, 0.1) is 13.5 Å². The van der Waals surface area contributed by atoms with Crippen molar-refractivity contribution in [1.29, 1.82) is 0 Å². The standard InChI is InChI=1S/C12H15NO4.ClH/c1-16-11(14)7-10(13)12(15)17-8-9-5-3-2-4-6-9;/h2-6,10H,7-8,13H2,1H3;1H. The number of hydrogen-bond acceptors (Lipinski definition) is 5. The zero-order valence-corrected chi connectivity index (χ0v) is 10.8. The number of halogens is 1. The molecule has 18 heavy (non-hydrogen) atoms. The van der Waals surface area contributed by atoms with Gasteiger partial charge in [0.15, 0.2) is 0 Å². The second-order valence-electron chi connectivity index (χ2n) is 3.48. The highest BCUT2D eigenvalue weighted by Crippen LogP contribution is 2.02. The molecule has 100 valence electrons. The first-order valence-electron chi connectivity index (χ1n) is 5.16. The summed E-state index contributed by atoms with van der Waals surface area (Å²) < 4.78 is 9.37. The Morgan fingerprint density at radius 2 is 1.89 bits per heavy atom. The van der Waals surface area contributed by atoms with Crippen molar-refractivity contribution in [2.45, 2.75) is 19.1 Å². The van der Waals surface area contributed by atoms with Gasteiger partial charge < -0.3 is 15.2 Å². The van der Waals surface area contributed by atoms with Crippen LogP contribution in [0.3, 0.4) is 0 Å². The molecule has 0 amide bonds. The third-order valence-electron chi connectivity index (χ3n) is 2.14. The van der Waals surface area contributed by atoms with Crippen LogP contribution in [0, 0.1) is 0 Å². The highest BCUT2D eigenvalue weighted by molar-refractivity contribution is 5.85. The van der Waals surface area contributed by atoms with E-state index >= 15 is 0 Å². The molecular formula is C12H16ClNO4. The number of carbonyl (C=O) groups excluding carboxylic acids is 2. The number of hydrogen-bond donors (Lipinski definition) is 1. The maximum Gasteiger partial charge on any atom is 0.323 e. The average molecular weight is 274 g/mol. The second-order valence-corrected chi connectivity index (χ2v) is 3.48. The molecule has 1 aromatic rings. The van der Waals surface area contributed by atoms with Crippen molar-refractivity contribution in [3.63, 3.8) is 0 Å². The zero-order chi connectivity index (χ0) is 12.7. The van der Waals surface area contributed by atoms with Gasteiger partial charge in [0.2, 0.25) is 0 Å². The second kappa shape index (κ2) is 8.49. The maximum atomic E-state index is 11.4. The van der Waals surface area contributed by atoms with Crippen LogP contribution >= 0.6 is 12.4 Å². The fourth-order valence-electron chi connectivity index (χ4n) is 1.18. The van der Waals surface area contributed by atoms with Crippen LogP contribution < -0.4 is 5.73 Å². The molecule has 0 aliphatic heterocycles. The predicted molar refractivity (Wildman–Crippen MR) is 68.1 cm³/mol. The van der Waals surface area contributed by atoms with Gasteiger partial charge in [-0.3, -0.25) is 9.59 Å². The number of carbonyl (C=O) groups is 2. The Labute approximate surface area is 112 Å². The molecule has 0 spiro atoms. The maximum absolute atomic E-state index is 11.4. The highest BCUT2D eigenvalue weighted by Gasteiger charge is 2.19. The van der Waals surface area contributed by atoms with Gasteiger partial charge in [-0.25, -0.2) is 0 Å². The van der Waals surface area contributed by atoms with E-state index in [1.807, 2.05) is 30.3 Å². The van der Waals surface area contributed by atoms with Crippen molar-refractivity contribution in [2.24, 2.45) is 5.73 Å². The van der Waals surface area contributed by atoms with E-state index in [9.17, 15) is 9.59 Å². The summed E-state index contributed by atoms with van der Waals surface area (Å²) in [4.78, 5) is 22.3. The molecule has 0 bridgehead atoms. The smallest absolute Gasteiger partial charge is 0.323 e. The van der Waals surface area contributed by atoms with E-state index in [0.29, 0.717) is 0 Å². The fourth-order valence-corrected chi connectivity index (χ4v) is 1.18. The third-order valence-corrected chi connectivity index (χ3v) is 2.14. The van der Waals surface area contributed by atoms with Crippen molar-refractivity contribution in [1.82, 2.24) is 0 Å². The Kier molecular flexibility index (Phi) is 7.74. The van der Waals surface area contributed by atoms with Crippen LogP contribution in [0.1, 0.15) is 12.0 Å². The molecule has 6 heteroatoms. The SMILES string of the molecule is COC(=O)CC(N)C(=O)OCc1ccccc1.Cl. The molecule has 0 saturated carbocycles. The molecule has 0 radical (unpaired) electrons. The van der Waals surface area contributed by atoms with E-state index in [1.165, 1.54) is 7.11 Å². The normalized spacial score (nSPS) is 11.0. The van der Waals surface area contributed by atoms with E-state index in [4.69, 9.17) is 10.5 Å². The van der Waals surface area contributed by atoms with Gasteiger partial charge >= 0.3 is 11.9 Å². The minimum absolute atomic E-state index is 0. The molecule has 5 nitrogen and oxygen atoms in total. The van der Waals surface area contributed by atoms with Crippen LogP contribution in [0.15, 0.2) is 30.3 Å². The first kappa shape index (κ1) is 16.4. The summed E-state index contributed by atoms with van der Waals surface area (Å²) in [6.45, 7) is 0.147. The topological polar surface area (TPSA) is 78.6 Å². The number of esters is 2. The lowest BCUT2D eigenvalue weighted by atomic mass is 10.2. The van der Waals surface area contributed by atoms with Gasteiger partial charge in [0.25, 0.3) is 0 Å². The Bertz CT molecular complexity index is 383. The Morgan fingerprint density at radius 1 is 1.28 bits per heavy atom. The van der Waals surface area contributed by atoms with Crippen LogP contribution in [-0.2, 0) is 25.7 Å². The van der Waals surface area contributed by atoms with Gasteiger partial charge in [-0.15, -0.1) is 12.4 Å². The average Bonchev–Trinajstić information content (AvgIpc) is 2.36. The number of rotatable bonds is 5. The van der Waals surface area contributed by atoms with Gasteiger partial charge in [0.1, 0.15) is 12.6 Å². The molecule has 0 aromatic heterocycles. The quantitative estimate of drug-likeness (QED) is 0.811. The van der Waals surface area contributed by atoms with Crippen molar-refractivity contribution in [3.8, 4) is 0 Å². The van der Waals surface area contributed by atoms with E-state index in [-0.39, 0.29) is 25.4 Å². The molecule has 1 aromatic carbocycles. The molecule has 0 heterocycles. The van der Waals surface area contributed by atoms with Crippen LogP contribution in [-0.4, -0.2) is 25.1 Å². The van der Waals surface area contributed by atoms with Gasteiger partial charge in [0, 0.05) is 0 Å². The molecule has 0 aliphatic carbocycles. The molecule has 2 N–H and O–H groups in total. The molecule has 1 rings (SSSR count). The highest BCUT2D eigenvalue weighted by atomic mass is 35.5. The van der Waals surface area contributed by atoms with E-state index in [2.05, 4.69) is 4.74 Å². The summed E-state index contributed by atoms with van der Waals surface area (Å²) in [5, 5.41) is 0. The molecular weight excluding hydrogens is 258 g/mol. The lowest BCUT2D eigenvalue weighted by molar-refractivity contribution is -0.151. The minimum atomic E-state index is -0.980. The Hall–Kier alpha value is -1.59. The summed E-state index contributed by atoms with van der Waals surface area (Å²) in [6.07, 6.45) is -0.176. The van der Waals surface area contributed by atoms with Crippen molar-refractivity contribution in [2.75, 3.05) is 7.11 Å². The van der Waals surface area contributed by atoms with Crippen LogP contribution in [0.25, 0.3) is 0 Å². The monoisotopic (exact) mass is 273 g/mol. The first-order valence-corrected chi connectivity index (χ1v) is 5.16. The molecule has 1 unspecified atom stereocenters. The van der Waals surface area contributed by atoms with Gasteiger partial charge in [-0.2, -0.15) is 0 Å². The molecule has 0 saturated heterocycles. The van der Waals surface area contributed by atoms with E-state index in [0.717, 1.165) is 5.56 Å². The first-order chi connectivity index (χ1) is 8.13. The lowest BCUT2D eigenvalue weighted by Crippen LogP contribution is -2.34. The van der Waals surface area contributed by atoms with Crippen LogP contribution in [0.2, 0.25) is 0 Å². The largest absolute Gasteiger partial charge is 0.469 e. The van der Waals surface area contributed by atoms with E-state index < -0.39 is 18.0 Å². The summed E-state index contributed by atoms with van der Waals surface area (Å²) in [6, 6.07) is 8.24. The number of nitrogens with two attached hydrogens (primary N) is 1. The van der Waals surface area contributed by atoms with Crippen molar-refractivity contribution >= 4 is 24.3 Å². The van der Waals surface area contributed by atoms with Crippen molar-refractivity contribution in [3.05, 3.63) is 35.9 Å². The fraction of sp³-hybridized carbons (Fsp3) is 0.333. The van der Waals surface area contributed by atoms with Crippen molar-refractivity contribution < 1.29 is 19.1 Å². The Morgan fingerprint density at radius 3 is 2.44 bits per heavy atom. The van der Waals surface area contributed by atoms with Crippen LogP contribution in [0.5, 0.6) is 0 Å². The molecule has 0 fully saturated rings. The van der Waals surface area contributed by atoms with E-state index in [1.54, 1.807) is 0 Å².